The molecule has 1 fully saturated rings. The standard InChI is InChI=1S/C20H23N5OS/c1-23-18-16(3-2-8-21-18)22-20(23)24-9-4-14(5-10-24)19(26)25-11-6-17-15(13-25)7-12-27-17/h2-3,7-8,12,14H,4-6,9-11,13H2,1H3. The predicted octanol–water partition coefficient (Wildman–Crippen LogP) is 2.83. The Morgan fingerprint density at radius 1 is 1.22 bits per heavy atom. The smallest absolute Gasteiger partial charge is 0.226 e. The fraction of sp³-hybridized carbons (Fsp3) is 0.450. The summed E-state index contributed by atoms with van der Waals surface area (Å²) < 4.78 is 2.06. The zero-order valence-corrected chi connectivity index (χ0v) is 16.3. The van der Waals surface area contributed by atoms with E-state index in [0.29, 0.717) is 5.91 Å². The largest absolute Gasteiger partial charge is 0.342 e. The molecule has 5 heterocycles. The minimum Gasteiger partial charge on any atom is -0.342 e. The summed E-state index contributed by atoms with van der Waals surface area (Å²) in [6, 6.07) is 6.08. The average molecular weight is 382 g/mol. The monoisotopic (exact) mass is 381 g/mol. The van der Waals surface area contributed by atoms with Crippen molar-refractivity contribution in [2.45, 2.75) is 25.8 Å². The second kappa shape index (κ2) is 6.64. The quantitative estimate of drug-likeness (QED) is 0.685. The first-order chi connectivity index (χ1) is 13.2. The third-order valence-corrected chi connectivity index (χ3v) is 6.87. The molecular formula is C20H23N5OS. The molecule has 0 radical (unpaired) electrons. The van der Waals surface area contributed by atoms with Crippen molar-refractivity contribution in [1.82, 2.24) is 19.4 Å². The number of imidazole rings is 1. The Kier molecular flexibility index (Phi) is 4.11. The van der Waals surface area contributed by atoms with Crippen LogP contribution in [0.1, 0.15) is 23.3 Å². The van der Waals surface area contributed by atoms with Gasteiger partial charge in [0.15, 0.2) is 5.65 Å². The molecule has 3 aromatic rings. The molecule has 1 amide bonds. The summed E-state index contributed by atoms with van der Waals surface area (Å²) in [5, 5.41) is 2.14. The van der Waals surface area contributed by atoms with Gasteiger partial charge in [-0.3, -0.25) is 9.36 Å². The van der Waals surface area contributed by atoms with E-state index in [9.17, 15) is 4.79 Å². The molecule has 6 nitrogen and oxygen atoms in total. The van der Waals surface area contributed by atoms with Crippen LogP contribution in [-0.4, -0.2) is 45.0 Å². The van der Waals surface area contributed by atoms with E-state index < -0.39 is 0 Å². The number of carbonyl (C=O) groups excluding carboxylic acids is 1. The molecule has 0 spiro atoms. The van der Waals surface area contributed by atoms with Crippen LogP contribution in [0.25, 0.3) is 11.2 Å². The van der Waals surface area contributed by atoms with E-state index >= 15 is 0 Å². The Bertz CT molecular complexity index is 985. The summed E-state index contributed by atoms with van der Waals surface area (Å²) >= 11 is 1.82. The number of fused-ring (bicyclic) bond motifs is 2. The number of nitrogens with zero attached hydrogens (tertiary/aromatic N) is 5. The molecular weight excluding hydrogens is 358 g/mol. The Balaban J connectivity index is 1.26. The summed E-state index contributed by atoms with van der Waals surface area (Å²) in [5.41, 5.74) is 3.17. The van der Waals surface area contributed by atoms with E-state index in [0.717, 1.165) is 62.6 Å². The number of thiophene rings is 1. The highest BCUT2D eigenvalue weighted by atomic mass is 32.1. The summed E-state index contributed by atoms with van der Waals surface area (Å²) in [6.45, 7) is 3.38. The summed E-state index contributed by atoms with van der Waals surface area (Å²) in [4.78, 5) is 28.0. The van der Waals surface area contributed by atoms with Crippen LogP contribution in [0, 0.1) is 5.92 Å². The van der Waals surface area contributed by atoms with Gasteiger partial charge in [0.05, 0.1) is 0 Å². The lowest BCUT2D eigenvalue weighted by Crippen LogP contribution is -2.44. The van der Waals surface area contributed by atoms with E-state index in [1.165, 1.54) is 10.4 Å². The lowest BCUT2D eigenvalue weighted by Gasteiger charge is -2.35. The highest BCUT2D eigenvalue weighted by Crippen LogP contribution is 2.29. The molecule has 140 valence electrons. The van der Waals surface area contributed by atoms with Gasteiger partial charge in [0.2, 0.25) is 11.9 Å². The number of anilines is 1. The normalized spacial score (nSPS) is 18.1. The van der Waals surface area contributed by atoms with Crippen molar-refractivity contribution >= 4 is 34.4 Å². The highest BCUT2D eigenvalue weighted by Gasteiger charge is 2.31. The Hall–Kier alpha value is -2.41. The molecule has 0 aromatic carbocycles. The van der Waals surface area contributed by atoms with Gasteiger partial charge in [0, 0.05) is 50.2 Å². The van der Waals surface area contributed by atoms with Crippen molar-refractivity contribution in [3.8, 4) is 0 Å². The van der Waals surface area contributed by atoms with E-state index in [1.807, 2.05) is 30.5 Å². The van der Waals surface area contributed by atoms with E-state index in [1.54, 1.807) is 6.20 Å². The van der Waals surface area contributed by atoms with Crippen molar-refractivity contribution < 1.29 is 4.79 Å². The van der Waals surface area contributed by atoms with Crippen LogP contribution < -0.4 is 4.90 Å². The number of hydrogen-bond acceptors (Lipinski definition) is 5. The first kappa shape index (κ1) is 16.7. The third-order valence-electron chi connectivity index (χ3n) is 5.85. The van der Waals surface area contributed by atoms with Gasteiger partial charge in [-0.2, -0.15) is 0 Å². The maximum atomic E-state index is 13.0. The second-order valence-electron chi connectivity index (χ2n) is 7.46. The van der Waals surface area contributed by atoms with Gasteiger partial charge in [-0.05, 0) is 48.4 Å². The van der Waals surface area contributed by atoms with Gasteiger partial charge >= 0.3 is 0 Å². The molecule has 0 saturated carbocycles. The molecule has 27 heavy (non-hydrogen) atoms. The number of pyridine rings is 1. The number of carbonyl (C=O) groups is 1. The maximum Gasteiger partial charge on any atom is 0.226 e. The van der Waals surface area contributed by atoms with Crippen LogP contribution in [0.3, 0.4) is 0 Å². The van der Waals surface area contributed by atoms with Crippen LogP contribution >= 0.6 is 11.3 Å². The molecule has 0 unspecified atom stereocenters. The van der Waals surface area contributed by atoms with Crippen molar-refractivity contribution in [2.75, 3.05) is 24.5 Å². The highest BCUT2D eigenvalue weighted by molar-refractivity contribution is 7.10. The molecule has 3 aromatic heterocycles. The summed E-state index contributed by atoms with van der Waals surface area (Å²) in [5.74, 6) is 1.42. The molecule has 1 saturated heterocycles. The van der Waals surface area contributed by atoms with Crippen molar-refractivity contribution in [3.05, 3.63) is 40.2 Å². The predicted molar refractivity (Wildman–Crippen MR) is 107 cm³/mol. The summed E-state index contributed by atoms with van der Waals surface area (Å²) in [6.07, 6.45) is 4.59. The molecule has 0 bridgehead atoms. The second-order valence-corrected chi connectivity index (χ2v) is 8.46. The first-order valence-corrected chi connectivity index (χ1v) is 10.4. The fourth-order valence-electron chi connectivity index (χ4n) is 4.32. The molecule has 2 aliphatic rings. The van der Waals surface area contributed by atoms with Crippen molar-refractivity contribution in [3.63, 3.8) is 0 Å². The lowest BCUT2D eigenvalue weighted by atomic mass is 9.94. The number of aromatic nitrogens is 3. The van der Waals surface area contributed by atoms with E-state index in [2.05, 4.69) is 30.8 Å². The van der Waals surface area contributed by atoms with Crippen LogP contribution in [0.5, 0.6) is 0 Å². The van der Waals surface area contributed by atoms with Gasteiger partial charge in [-0.15, -0.1) is 11.3 Å². The molecule has 5 rings (SSSR count). The van der Waals surface area contributed by atoms with Gasteiger partial charge in [-0.1, -0.05) is 0 Å². The number of piperidine rings is 1. The maximum absolute atomic E-state index is 13.0. The molecule has 0 N–H and O–H groups in total. The summed E-state index contributed by atoms with van der Waals surface area (Å²) in [7, 11) is 2.01. The minimum absolute atomic E-state index is 0.134. The topological polar surface area (TPSA) is 54.3 Å². The van der Waals surface area contributed by atoms with Gasteiger partial charge in [-0.25, -0.2) is 9.97 Å². The minimum atomic E-state index is 0.134. The molecule has 0 aliphatic carbocycles. The Morgan fingerprint density at radius 3 is 2.89 bits per heavy atom. The fourth-order valence-corrected chi connectivity index (χ4v) is 5.21. The SMILES string of the molecule is Cn1c(N2CCC(C(=O)N3CCc4sccc4C3)CC2)nc2cccnc21. The molecule has 2 aliphatic heterocycles. The zero-order valence-electron chi connectivity index (χ0n) is 15.5. The first-order valence-electron chi connectivity index (χ1n) is 9.57. The number of amides is 1. The molecule has 0 atom stereocenters. The number of rotatable bonds is 2. The van der Waals surface area contributed by atoms with Crippen molar-refractivity contribution in [2.24, 2.45) is 13.0 Å². The molecule has 7 heteroatoms. The number of aryl methyl sites for hydroxylation is 1. The zero-order chi connectivity index (χ0) is 18.4. The van der Waals surface area contributed by atoms with Crippen LogP contribution in [0.4, 0.5) is 5.95 Å². The van der Waals surface area contributed by atoms with Gasteiger partial charge < -0.3 is 9.80 Å². The van der Waals surface area contributed by atoms with Crippen molar-refractivity contribution in [1.29, 1.82) is 0 Å². The average Bonchev–Trinajstić information content (AvgIpc) is 3.32. The van der Waals surface area contributed by atoms with Crippen LogP contribution in [0.2, 0.25) is 0 Å². The lowest BCUT2D eigenvalue weighted by molar-refractivity contribution is -0.137. The Morgan fingerprint density at radius 2 is 2.07 bits per heavy atom. The van der Waals surface area contributed by atoms with Crippen LogP contribution in [0.15, 0.2) is 29.8 Å². The third kappa shape index (κ3) is 2.90. The number of hydrogen-bond donors (Lipinski definition) is 0. The van der Waals surface area contributed by atoms with Crippen LogP contribution in [-0.2, 0) is 24.8 Å². The van der Waals surface area contributed by atoms with Gasteiger partial charge in [0.25, 0.3) is 0 Å². The Labute approximate surface area is 162 Å². The van der Waals surface area contributed by atoms with E-state index in [4.69, 9.17) is 4.98 Å². The van der Waals surface area contributed by atoms with E-state index in [-0.39, 0.29) is 5.92 Å². The van der Waals surface area contributed by atoms with Gasteiger partial charge in [0.1, 0.15) is 5.52 Å².